The van der Waals surface area contributed by atoms with Crippen molar-refractivity contribution in [2.75, 3.05) is 69.7 Å². The van der Waals surface area contributed by atoms with Gasteiger partial charge in [0.25, 0.3) is 0 Å². The average Bonchev–Trinajstić information content (AvgIpc) is 2.96. The summed E-state index contributed by atoms with van der Waals surface area (Å²) in [5.74, 6) is 1.35. The van der Waals surface area contributed by atoms with Gasteiger partial charge in [0.05, 0.1) is 12.1 Å². The van der Waals surface area contributed by atoms with E-state index in [0.717, 1.165) is 94.0 Å². The summed E-state index contributed by atoms with van der Waals surface area (Å²) in [6.07, 6.45) is 4.72. The third-order valence-electron chi connectivity index (χ3n) is 8.18. The van der Waals surface area contributed by atoms with Crippen LogP contribution in [0.3, 0.4) is 0 Å². The zero-order chi connectivity index (χ0) is 27.9. The Morgan fingerprint density at radius 3 is 2.48 bits per heavy atom. The Kier molecular flexibility index (Phi) is 9.39. The number of hydrogen-bond donors (Lipinski definition) is 2. The number of nitrogens with one attached hydrogen (secondary N) is 2. The molecular weight excluding hydrogens is 500 g/mol. The molecule has 3 heterocycles. The van der Waals surface area contributed by atoms with E-state index in [1.165, 1.54) is 11.3 Å². The van der Waals surface area contributed by atoms with E-state index in [2.05, 4.69) is 87.6 Å². The van der Waals surface area contributed by atoms with Crippen molar-refractivity contribution in [3.8, 4) is 5.75 Å². The first-order valence-electron chi connectivity index (χ1n) is 14.8. The summed E-state index contributed by atoms with van der Waals surface area (Å²) in [5.41, 5.74) is 4.24. The molecule has 2 aliphatic heterocycles. The van der Waals surface area contributed by atoms with Gasteiger partial charge in [0, 0.05) is 80.9 Å². The maximum Gasteiger partial charge on any atom is 0.319 e. The molecule has 2 saturated heterocycles. The SMILES string of the molecule is CC(C)c1ccc(NC(=O)NC2CCN(c3ccnc4cc(OCCCN5CCN(C)CC5)ccc34)CC2)cc1. The van der Waals surface area contributed by atoms with Crippen molar-refractivity contribution in [3.05, 3.63) is 60.3 Å². The number of likely N-dealkylation sites (N-methyl/N-ethyl adjacent to an activating group) is 1. The van der Waals surface area contributed by atoms with Gasteiger partial charge in [0.2, 0.25) is 0 Å². The predicted molar refractivity (Wildman–Crippen MR) is 164 cm³/mol. The second-order valence-electron chi connectivity index (χ2n) is 11.5. The van der Waals surface area contributed by atoms with Gasteiger partial charge in [0.15, 0.2) is 0 Å². The van der Waals surface area contributed by atoms with Gasteiger partial charge in [-0.3, -0.25) is 4.98 Å². The lowest BCUT2D eigenvalue weighted by Crippen LogP contribution is -2.46. The van der Waals surface area contributed by atoms with Crippen molar-refractivity contribution in [3.63, 3.8) is 0 Å². The summed E-state index contributed by atoms with van der Waals surface area (Å²) in [5, 5.41) is 7.27. The number of piperazine rings is 1. The number of nitrogens with zero attached hydrogens (tertiary/aromatic N) is 4. The normalized spacial score (nSPS) is 17.4. The van der Waals surface area contributed by atoms with Crippen LogP contribution in [-0.4, -0.2) is 86.3 Å². The first kappa shape index (κ1) is 28.2. The van der Waals surface area contributed by atoms with Crippen molar-refractivity contribution in [1.29, 1.82) is 0 Å². The molecule has 0 aliphatic carbocycles. The quantitative estimate of drug-likeness (QED) is 0.363. The molecule has 2 aromatic carbocycles. The van der Waals surface area contributed by atoms with Crippen molar-refractivity contribution in [2.45, 2.75) is 45.1 Å². The molecule has 2 N–H and O–H groups in total. The van der Waals surface area contributed by atoms with Gasteiger partial charge in [-0.1, -0.05) is 26.0 Å². The van der Waals surface area contributed by atoms with Crippen LogP contribution in [0.5, 0.6) is 5.75 Å². The van der Waals surface area contributed by atoms with Gasteiger partial charge in [-0.2, -0.15) is 0 Å². The molecule has 1 aromatic heterocycles. The molecule has 2 fully saturated rings. The molecule has 0 radical (unpaired) electrons. The number of ether oxygens (including phenoxy) is 1. The fourth-order valence-corrected chi connectivity index (χ4v) is 5.60. The highest BCUT2D eigenvalue weighted by Gasteiger charge is 2.22. The second-order valence-corrected chi connectivity index (χ2v) is 11.5. The van der Waals surface area contributed by atoms with Crippen LogP contribution in [0.4, 0.5) is 16.2 Å². The molecule has 3 aromatic rings. The van der Waals surface area contributed by atoms with Crippen LogP contribution in [0.2, 0.25) is 0 Å². The van der Waals surface area contributed by atoms with Crippen LogP contribution in [0, 0.1) is 0 Å². The standard InChI is InChI=1S/C32H44N6O2/c1-24(2)25-5-7-26(8-6-25)34-32(39)35-27-12-16-38(17-13-27)31-11-14-33-30-23-28(9-10-29(30)31)40-22-4-15-37-20-18-36(3)19-21-37/h5-11,14,23-24,27H,4,12-13,15-22H2,1-3H3,(H2,34,35,39). The Hall–Kier alpha value is -3.36. The molecule has 0 spiro atoms. The van der Waals surface area contributed by atoms with Crippen molar-refractivity contribution in [2.24, 2.45) is 0 Å². The van der Waals surface area contributed by atoms with Crippen LogP contribution in [-0.2, 0) is 0 Å². The highest BCUT2D eigenvalue weighted by atomic mass is 16.5. The fraction of sp³-hybridized carbons (Fsp3) is 0.500. The van der Waals surface area contributed by atoms with Crippen molar-refractivity contribution in [1.82, 2.24) is 20.1 Å². The number of rotatable bonds is 9. The van der Waals surface area contributed by atoms with Crippen LogP contribution in [0.25, 0.3) is 10.9 Å². The average molecular weight is 545 g/mol. The van der Waals surface area contributed by atoms with E-state index < -0.39 is 0 Å². The number of urea groups is 1. The van der Waals surface area contributed by atoms with Crippen LogP contribution >= 0.6 is 0 Å². The molecule has 8 nitrogen and oxygen atoms in total. The third kappa shape index (κ3) is 7.43. The Bertz CT molecular complexity index is 1250. The Morgan fingerprint density at radius 1 is 1.00 bits per heavy atom. The van der Waals surface area contributed by atoms with Gasteiger partial charge >= 0.3 is 6.03 Å². The minimum Gasteiger partial charge on any atom is -0.493 e. The van der Waals surface area contributed by atoms with Crippen LogP contribution < -0.4 is 20.3 Å². The maximum atomic E-state index is 12.6. The Morgan fingerprint density at radius 2 is 1.75 bits per heavy atom. The van der Waals surface area contributed by atoms with Gasteiger partial charge in [0.1, 0.15) is 5.75 Å². The molecule has 0 saturated carbocycles. The summed E-state index contributed by atoms with van der Waals surface area (Å²) in [6, 6.07) is 16.5. The predicted octanol–water partition coefficient (Wildman–Crippen LogP) is 5.17. The molecule has 2 aliphatic rings. The zero-order valence-electron chi connectivity index (χ0n) is 24.2. The molecule has 5 rings (SSSR count). The molecule has 40 heavy (non-hydrogen) atoms. The number of piperidine rings is 1. The number of aromatic nitrogens is 1. The molecule has 2 amide bonds. The molecule has 0 atom stereocenters. The maximum absolute atomic E-state index is 12.6. The number of amides is 2. The number of hydrogen-bond acceptors (Lipinski definition) is 6. The zero-order valence-corrected chi connectivity index (χ0v) is 24.2. The van der Waals surface area contributed by atoms with E-state index in [0.29, 0.717) is 5.92 Å². The number of anilines is 2. The summed E-state index contributed by atoms with van der Waals surface area (Å²) < 4.78 is 6.08. The molecule has 8 heteroatoms. The first-order valence-corrected chi connectivity index (χ1v) is 14.8. The summed E-state index contributed by atoms with van der Waals surface area (Å²) in [7, 11) is 2.19. The lowest BCUT2D eigenvalue weighted by Gasteiger charge is -2.34. The van der Waals surface area contributed by atoms with Crippen LogP contribution in [0.1, 0.15) is 44.6 Å². The van der Waals surface area contributed by atoms with Gasteiger partial charge in [-0.25, -0.2) is 4.79 Å². The van der Waals surface area contributed by atoms with Crippen molar-refractivity contribution >= 4 is 28.3 Å². The van der Waals surface area contributed by atoms with Crippen molar-refractivity contribution < 1.29 is 9.53 Å². The summed E-state index contributed by atoms with van der Waals surface area (Å²) in [4.78, 5) is 24.5. The van der Waals surface area contributed by atoms with Gasteiger partial charge in [-0.15, -0.1) is 0 Å². The minimum atomic E-state index is -0.138. The van der Waals surface area contributed by atoms with Crippen LogP contribution in [0.15, 0.2) is 54.7 Å². The topological polar surface area (TPSA) is 73.0 Å². The summed E-state index contributed by atoms with van der Waals surface area (Å²) in [6.45, 7) is 12.5. The van der Waals surface area contributed by atoms with E-state index in [-0.39, 0.29) is 12.1 Å². The smallest absolute Gasteiger partial charge is 0.319 e. The van der Waals surface area contributed by atoms with E-state index in [4.69, 9.17) is 4.74 Å². The van der Waals surface area contributed by atoms with E-state index in [1.807, 2.05) is 18.3 Å². The Balaban J connectivity index is 1.09. The number of carbonyl (C=O) groups is 1. The largest absolute Gasteiger partial charge is 0.493 e. The van der Waals surface area contributed by atoms with E-state index in [9.17, 15) is 4.79 Å². The van der Waals surface area contributed by atoms with Gasteiger partial charge < -0.3 is 30.1 Å². The van der Waals surface area contributed by atoms with E-state index in [1.54, 1.807) is 0 Å². The molecule has 0 unspecified atom stereocenters. The highest BCUT2D eigenvalue weighted by molar-refractivity contribution is 5.92. The number of benzene rings is 2. The van der Waals surface area contributed by atoms with E-state index >= 15 is 0 Å². The highest BCUT2D eigenvalue weighted by Crippen LogP contribution is 2.30. The third-order valence-corrected chi connectivity index (χ3v) is 8.18. The second kappa shape index (κ2) is 13.3. The first-order chi connectivity index (χ1) is 19.4. The molecule has 0 bridgehead atoms. The monoisotopic (exact) mass is 544 g/mol. The summed E-state index contributed by atoms with van der Waals surface area (Å²) >= 11 is 0. The number of pyridine rings is 1. The van der Waals surface area contributed by atoms with Gasteiger partial charge in [-0.05, 0) is 68.1 Å². The molecular formula is C32H44N6O2. The number of carbonyl (C=O) groups excluding carboxylic acids is 1. The Labute approximate surface area is 238 Å². The lowest BCUT2D eigenvalue weighted by atomic mass is 10.0. The molecule has 214 valence electrons. The number of fused-ring (bicyclic) bond motifs is 1. The fourth-order valence-electron chi connectivity index (χ4n) is 5.60. The minimum absolute atomic E-state index is 0.138. The lowest BCUT2D eigenvalue weighted by molar-refractivity contribution is 0.145.